The van der Waals surface area contributed by atoms with Crippen LogP contribution >= 0.6 is 0 Å². The summed E-state index contributed by atoms with van der Waals surface area (Å²) < 4.78 is 0. The number of hydrogen-bond donors (Lipinski definition) is 1. The van der Waals surface area contributed by atoms with Crippen molar-refractivity contribution in [3.8, 4) is 11.3 Å². The monoisotopic (exact) mass is 380 g/mol. The van der Waals surface area contributed by atoms with Crippen LogP contribution in [-0.2, 0) is 13.0 Å². The first-order valence-electron chi connectivity index (χ1n) is 10.1. The molecule has 4 aromatic rings. The quantitative estimate of drug-likeness (QED) is 0.460. The maximum Gasteiger partial charge on any atom is 0.252 e. The molecule has 144 valence electrons. The summed E-state index contributed by atoms with van der Waals surface area (Å²) in [6.45, 7) is 2.68. The fourth-order valence-corrected chi connectivity index (χ4v) is 3.52. The Kier molecular flexibility index (Phi) is 5.66. The zero-order valence-corrected chi connectivity index (χ0v) is 16.6. The van der Waals surface area contributed by atoms with Gasteiger partial charge in [0.25, 0.3) is 5.91 Å². The van der Waals surface area contributed by atoms with E-state index in [1.165, 1.54) is 5.56 Å². The number of fused-ring (bicyclic) bond motifs is 1. The molecule has 4 rings (SSSR count). The topological polar surface area (TPSA) is 42.0 Å². The van der Waals surface area contributed by atoms with Gasteiger partial charge in [-0.15, -0.1) is 0 Å². The van der Waals surface area contributed by atoms with Crippen molar-refractivity contribution in [2.24, 2.45) is 0 Å². The minimum Gasteiger partial charge on any atom is -0.348 e. The van der Waals surface area contributed by atoms with Crippen LogP contribution in [0.5, 0.6) is 0 Å². The molecule has 0 bridgehead atoms. The van der Waals surface area contributed by atoms with Gasteiger partial charge in [0.05, 0.1) is 16.8 Å². The SMILES string of the molecule is CCCc1ccc(-c2cc(C(=O)NCc3ccccc3)c3ccccc3n2)cc1. The predicted octanol–water partition coefficient (Wildman–Crippen LogP) is 5.78. The highest BCUT2D eigenvalue weighted by Crippen LogP contribution is 2.25. The molecule has 0 spiro atoms. The number of amides is 1. The lowest BCUT2D eigenvalue weighted by Crippen LogP contribution is -2.23. The molecule has 0 aliphatic heterocycles. The highest BCUT2D eigenvalue weighted by molar-refractivity contribution is 6.07. The van der Waals surface area contributed by atoms with Crippen molar-refractivity contribution in [3.63, 3.8) is 0 Å². The third-order valence-corrected chi connectivity index (χ3v) is 5.05. The number of aromatic nitrogens is 1. The fraction of sp³-hybridized carbons (Fsp3) is 0.154. The van der Waals surface area contributed by atoms with Crippen LogP contribution in [0, 0.1) is 0 Å². The summed E-state index contributed by atoms with van der Waals surface area (Å²) in [6, 6.07) is 28.1. The van der Waals surface area contributed by atoms with Gasteiger partial charge in [-0.1, -0.05) is 86.1 Å². The minimum atomic E-state index is -0.0868. The number of para-hydroxylation sites is 1. The van der Waals surface area contributed by atoms with Crippen LogP contribution < -0.4 is 5.32 Å². The van der Waals surface area contributed by atoms with Crippen LogP contribution in [0.4, 0.5) is 0 Å². The largest absolute Gasteiger partial charge is 0.348 e. The molecule has 0 saturated carbocycles. The van der Waals surface area contributed by atoms with Gasteiger partial charge < -0.3 is 5.32 Å². The molecule has 3 heteroatoms. The number of nitrogens with zero attached hydrogens (tertiary/aromatic N) is 1. The zero-order valence-electron chi connectivity index (χ0n) is 16.6. The van der Waals surface area contributed by atoms with Crippen molar-refractivity contribution in [1.29, 1.82) is 0 Å². The van der Waals surface area contributed by atoms with Gasteiger partial charge in [-0.25, -0.2) is 4.98 Å². The molecule has 1 heterocycles. The third-order valence-electron chi connectivity index (χ3n) is 5.05. The van der Waals surface area contributed by atoms with Crippen molar-refractivity contribution >= 4 is 16.8 Å². The highest BCUT2D eigenvalue weighted by Gasteiger charge is 2.14. The molecule has 1 N–H and O–H groups in total. The van der Waals surface area contributed by atoms with E-state index in [0.717, 1.165) is 40.6 Å². The van der Waals surface area contributed by atoms with Crippen molar-refractivity contribution in [2.45, 2.75) is 26.3 Å². The second kappa shape index (κ2) is 8.70. The van der Waals surface area contributed by atoms with Crippen LogP contribution in [-0.4, -0.2) is 10.9 Å². The van der Waals surface area contributed by atoms with Gasteiger partial charge in [0.1, 0.15) is 0 Å². The lowest BCUT2D eigenvalue weighted by molar-refractivity contribution is 0.0952. The van der Waals surface area contributed by atoms with E-state index < -0.39 is 0 Å². The van der Waals surface area contributed by atoms with E-state index in [-0.39, 0.29) is 5.91 Å². The molecule has 0 aliphatic carbocycles. The molecule has 1 aromatic heterocycles. The maximum atomic E-state index is 13.0. The fourth-order valence-electron chi connectivity index (χ4n) is 3.52. The first-order chi connectivity index (χ1) is 14.2. The predicted molar refractivity (Wildman–Crippen MR) is 119 cm³/mol. The Labute approximate surface area is 171 Å². The Morgan fingerprint density at radius 1 is 0.862 bits per heavy atom. The lowest BCUT2D eigenvalue weighted by atomic mass is 10.0. The second-order valence-electron chi connectivity index (χ2n) is 7.19. The van der Waals surface area contributed by atoms with Crippen LogP contribution in [0.3, 0.4) is 0 Å². The van der Waals surface area contributed by atoms with Crippen molar-refractivity contribution in [1.82, 2.24) is 10.3 Å². The van der Waals surface area contributed by atoms with Gasteiger partial charge >= 0.3 is 0 Å². The smallest absolute Gasteiger partial charge is 0.252 e. The van der Waals surface area contributed by atoms with Gasteiger partial charge in [-0.05, 0) is 29.7 Å². The standard InChI is InChI=1S/C26H24N2O/c1-2-8-19-13-15-21(16-14-19)25-17-23(22-11-6-7-12-24(22)28-25)26(29)27-18-20-9-4-3-5-10-20/h3-7,9-17H,2,8,18H2,1H3,(H,27,29). The summed E-state index contributed by atoms with van der Waals surface area (Å²) in [5, 5.41) is 3.91. The summed E-state index contributed by atoms with van der Waals surface area (Å²) in [5.41, 5.74) is 5.71. The molecule has 0 aliphatic rings. The normalized spacial score (nSPS) is 10.8. The maximum absolute atomic E-state index is 13.0. The Hall–Kier alpha value is -3.46. The van der Waals surface area contributed by atoms with Gasteiger partial charge in [0.2, 0.25) is 0 Å². The second-order valence-corrected chi connectivity index (χ2v) is 7.19. The molecule has 0 unspecified atom stereocenters. The van der Waals surface area contributed by atoms with E-state index in [2.05, 4.69) is 36.5 Å². The first kappa shape index (κ1) is 18.9. The van der Waals surface area contributed by atoms with E-state index >= 15 is 0 Å². The summed E-state index contributed by atoms with van der Waals surface area (Å²) in [6.07, 6.45) is 2.19. The van der Waals surface area contributed by atoms with Crippen LogP contribution in [0.15, 0.2) is 84.9 Å². The number of benzene rings is 3. The number of rotatable bonds is 6. The first-order valence-corrected chi connectivity index (χ1v) is 10.1. The van der Waals surface area contributed by atoms with Crippen molar-refractivity contribution < 1.29 is 4.79 Å². The molecule has 0 radical (unpaired) electrons. The Bertz CT molecular complexity index is 1120. The summed E-state index contributed by atoms with van der Waals surface area (Å²) in [4.78, 5) is 17.8. The van der Waals surface area contributed by atoms with E-state index in [1.807, 2.05) is 60.7 Å². The van der Waals surface area contributed by atoms with E-state index in [9.17, 15) is 4.79 Å². The Balaban J connectivity index is 1.68. The number of carbonyl (C=O) groups is 1. The molecule has 3 nitrogen and oxygen atoms in total. The molecular formula is C26H24N2O. The summed E-state index contributed by atoms with van der Waals surface area (Å²) in [5.74, 6) is -0.0868. The Morgan fingerprint density at radius 3 is 2.34 bits per heavy atom. The zero-order chi connectivity index (χ0) is 20.1. The number of carbonyl (C=O) groups excluding carboxylic acids is 1. The number of nitrogens with one attached hydrogen (secondary N) is 1. The average molecular weight is 380 g/mol. The number of pyridine rings is 1. The summed E-state index contributed by atoms with van der Waals surface area (Å²) in [7, 11) is 0. The van der Waals surface area contributed by atoms with Crippen LogP contribution in [0.25, 0.3) is 22.2 Å². The number of aryl methyl sites for hydroxylation is 1. The summed E-state index contributed by atoms with van der Waals surface area (Å²) >= 11 is 0. The van der Waals surface area contributed by atoms with Crippen LogP contribution in [0.2, 0.25) is 0 Å². The van der Waals surface area contributed by atoms with Crippen molar-refractivity contribution in [3.05, 3.63) is 102 Å². The van der Waals surface area contributed by atoms with Gasteiger partial charge in [0, 0.05) is 17.5 Å². The lowest BCUT2D eigenvalue weighted by Gasteiger charge is -2.11. The molecular weight excluding hydrogens is 356 g/mol. The van der Waals surface area contributed by atoms with Crippen LogP contribution in [0.1, 0.15) is 34.8 Å². The molecule has 1 amide bonds. The average Bonchev–Trinajstić information content (AvgIpc) is 2.78. The third kappa shape index (κ3) is 4.35. The van der Waals surface area contributed by atoms with E-state index in [4.69, 9.17) is 4.98 Å². The Morgan fingerprint density at radius 2 is 1.59 bits per heavy atom. The van der Waals surface area contributed by atoms with E-state index in [0.29, 0.717) is 12.1 Å². The number of hydrogen-bond acceptors (Lipinski definition) is 2. The highest BCUT2D eigenvalue weighted by atomic mass is 16.1. The molecule has 29 heavy (non-hydrogen) atoms. The van der Waals surface area contributed by atoms with Gasteiger partial charge in [-0.2, -0.15) is 0 Å². The van der Waals surface area contributed by atoms with Crippen molar-refractivity contribution in [2.75, 3.05) is 0 Å². The van der Waals surface area contributed by atoms with Gasteiger partial charge in [-0.3, -0.25) is 4.79 Å². The van der Waals surface area contributed by atoms with E-state index in [1.54, 1.807) is 0 Å². The van der Waals surface area contributed by atoms with Gasteiger partial charge in [0.15, 0.2) is 0 Å². The molecule has 0 saturated heterocycles. The molecule has 0 atom stereocenters. The molecule has 0 fully saturated rings. The minimum absolute atomic E-state index is 0.0868. The molecule has 3 aromatic carbocycles.